The molecule has 0 fully saturated rings. The van der Waals surface area contributed by atoms with Gasteiger partial charge in [-0.25, -0.2) is 0 Å². The second kappa shape index (κ2) is 8.56. The molecule has 2 aromatic rings. The zero-order valence-electron chi connectivity index (χ0n) is 13.3. The number of benzene rings is 2. The molecule has 0 radical (unpaired) electrons. The first-order valence-electron chi connectivity index (χ1n) is 7.47. The normalized spacial score (nSPS) is 11.8. The third-order valence-electron chi connectivity index (χ3n) is 3.59. The molecular formula is C18H21ClN2O2. The lowest BCUT2D eigenvalue weighted by Crippen LogP contribution is -2.34. The summed E-state index contributed by atoms with van der Waals surface area (Å²) >= 11 is 5.87. The molecule has 0 aliphatic heterocycles. The van der Waals surface area contributed by atoms with Gasteiger partial charge in [0.25, 0.3) is 0 Å². The molecule has 0 unspecified atom stereocenters. The van der Waals surface area contributed by atoms with E-state index < -0.39 is 0 Å². The van der Waals surface area contributed by atoms with Crippen LogP contribution >= 0.6 is 11.6 Å². The summed E-state index contributed by atoms with van der Waals surface area (Å²) in [4.78, 5) is 11.9. The minimum atomic E-state index is -0.0402. The SMILES string of the molecule is COc1ccc(CNC(=O)CN[C@H](C)c2ccc(Cl)cc2)cc1. The molecule has 5 heteroatoms. The zero-order valence-corrected chi connectivity index (χ0v) is 14.1. The standard InChI is InChI=1S/C18H21ClN2O2/c1-13(15-5-7-16(19)8-6-15)20-12-18(22)21-11-14-3-9-17(23-2)10-4-14/h3-10,13,20H,11-12H2,1-2H3,(H,21,22)/t13-/m1/s1. The third-order valence-corrected chi connectivity index (χ3v) is 3.84. The number of rotatable bonds is 7. The molecule has 4 nitrogen and oxygen atoms in total. The van der Waals surface area contributed by atoms with Crippen LogP contribution in [0.25, 0.3) is 0 Å². The molecule has 0 saturated heterocycles. The summed E-state index contributed by atoms with van der Waals surface area (Å²) in [7, 11) is 1.63. The van der Waals surface area contributed by atoms with Gasteiger partial charge in [0.1, 0.15) is 5.75 Å². The van der Waals surface area contributed by atoms with Crippen LogP contribution in [-0.4, -0.2) is 19.6 Å². The Morgan fingerprint density at radius 1 is 1.13 bits per heavy atom. The van der Waals surface area contributed by atoms with Crippen molar-refractivity contribution in [1.29, 1.82) is 0 Å². The van der Waals surface area contributed by atoms with E-state index in [1.807, 2.05) is 55.5 Å². The van der Waals surface area contributed by atoms with Gasteiger partial charge in [0.2, 0.25) is 5.91 Å². The predicted octanol–water partition coefficient (Wildman–Crippen LogP) is 3.32. The summed E-state index contributed by atoms with van der Waals surface area (Å²) in [5, 5.41) is 6.79. The first kappa shape index (κ1) is 17.3. The van der Waals surface area contributed by atoms with Crippen molar-refractivity contribution in [1.82, 2.24) is 10.6 Å². The van der Waals surface area contributed by atoms with Crippen LogP contribution in [0.5, 0.6) is 5.75 Å². The second-order valence-corrected chi connectivity index (χ2v) is 5.72. The van der Waals surface area contributed by atoms with Crippen LogP contribution in [0.15, 0.2) is 48.5 Å². The number of halogens is 1. The maximum Gasteiger partial charge on any atom is 0.234 e. The van der Waals surface area contributed by atoms with E-state index in [4.69, 9.17) is 16.3 Å². The molecule has 0 heterocycles. The second-order valence-electron chi connectivity index (χ2n) is 5.28. The maximum atomic E-state index is 11.9. The van der Waals surface area contributed by atoms with E-state index in [0.717, 1.165) is 16.9 Å². The van der Waals surface area contributed by atoms with Crippen molar-refractivity contribution < 1.29 is 9.53 Å². The topological polar surface area (TPSA) is 50.4 Å². The maximum absolute atomic E-state index is 11.9. The van der Waals surface area contributed by atoms with Gasteiger partial charge in [-0.1, -0.05) is 35.9 Å². The number of ether oxygens (including phenoxy) is 1. The smallest absolute Gasteiger partial charge is 0.234 e. The van der Waals surface area contributed by atoms with Gasteiger partial charge in [-0.2, -0.15) is 0 Å². The fourth-order valence-electron chi connectivity index (χ4n) is 2.12. The number of hydrogen-bond acceptors (Lipinski definition) is 3. The summed E-state index contributed by atoms with van der Waals surface area (Å²) < 4.78 is 5.10. The van der Waals surface area contributed by atoms with Gasteiger partial charge < -0.3 is 15.4 Å². The van der Waals surface area contributed by atoms with E-state index in [-0.39, 0.29) is 18.5 Å². The fourth-order valence-corrected chi connectivity index (χ4v) is 2.25. The lowest BCUT2D eigenvalue weighted by atomic mass is 10.1. The quantitative estimate of drug-likeness (QED) is 0.817. The molecular weight excluding hydrogens is 312 g/mol. The van der Waals surface area contributed by atoms with Crippen molar-refractivity contribution in [3.05, 3.63) is 64.7 Å². The Balaban J connectivity index is 1.74. The fraction of sp³-hybridized carbons (Fsp3) is 0.278. The molecule has 2 N–H and O–H groups in total. The Morgan fingerprint density at radius 2 is 1.78 bits per heavy atom. The van der Waals surface area contributed by atoms with E-state index in [1.165, 1.54) is 0 Å². The van der Waals surface area contributed by atoms with Gasteiger partial charge in [-0.05, 0) is 42.3 Å². The zero-order chi connectivity index (χ0) is 16.7. The van der Waals surface area contributed by atoms with Crippen LogP contribution in [0.3, 0.4) is 0 Å². The summed E-state index contributed by atoms with van der Waals surface area (Å²) in [5.41, 5.74) is 2.13. The highest BCUT2D eigenvalue weighted by Crippen LogP contribution is 2.15. The summed E-state index contributed by atoms with van der Waals surface area (Å²) in [5.74, 6) is 0.764. The highest BCUT2D eigenvalue weighted by Gasteiger charge is 2.07. The van der Waals surface area contributed by atoms with E-state index in [0.29, 0.717) is 11.6 Å². The molecule has 0 aromatic heterocycles. The number of amides is 1. The summed E-state index contributed by atoms with van der Waals surface area (Å²) in [6, 6.07) is 15.3. The highest BCUT2D eigenvalue weighted by molar-refractivity contribution is 6.30. The molecule has 122 valence electrons. The van der Waals surface area contributed by atoms with Crippen LogP contribution in [0, 0.1) is 0 Å². The van der Waals surface area contributed by atoms with Gasteiger partial charge in [0.15, 0.2) is 0 Å². The molecule has 1 atom stereocenters. The molecule has 0 bridgehead atoms. The number of carbonyl (C=O) groups excluding carboxylic acids is 1. The van der Waals surface area contributed by atoms with Gasteiger partial charge in [-0.3, -0.25) is 4.79 Å². The molecule has 1 amide bonds. The minimum absolute atomic E-state index is 0.0402. The lowest BCUT2D eigenvalue weighted by molar-refractivity contribution is -0.120. The Kier molecular flexibility index (Phi) is 6.44. The van der Waals surface area contributed by atoms with Crippen LogP contribution in [0.4, 0.5) is 0 Å². The van der Waals surface area contributed by atoms with E-state index in [9.17, 15) is 4.79 Å². The molecule has 0 spiro atoms. The Hall–Kier alpha value is -2.04. The van der Waals surface area contributed by atoms with Crippen LogP contribution < -0.4 is 15.4 Å². The summed E-state index contributed by atoms with van der Waals surface area (Å²) in [6.45, 7) is 2.78. The minimum Gasteiger partial charge on any atom is -0.497 e. The Labute approximate surface area is 141 Å². The van der Waals surface area contributed by atoms with Crippen molar-refractivity contribution >= 4 is 17.5 Å². The van der Waals surface area contributed by atoms with Crippen molar-refractivity contribution in [3.63, 3.8) is 0 Å². The van der Waals surface area contributed by atoms with Gasteiger partial charge in [0, 0.05) is 17.6 Å². The average molecular weight is 333 g/mol. The lowest BCUT2D eigenvalue weighted by Gasteiger charge is -2.14. The van der Waals surface area contributed by atoms with Crippen LogP contribution in [-0.2, 0) is 11.3 Å². The monoisotopic (exact) mass is 332 g/mol. The van der Waals surface area contributed by atoms with Crippen LogP contribution in [0.2, 0.25) is 5.02 Å². The summed E-state index contributed by atoms with van der Waals surface area (Å²) in [6.07, 6.45) is 0. The van der Waals surface area contributed by atoms with E-state index >= 15 is 0 Å². The highest BCUT2D eigenvalue weighted by atomic mass is 35.5. The van der Waals surface area contributed by atoms with Crippen molar-refractivity contribution in [2.45, 2.75) is 19.5 Å². The molecule has 2 rings (SSSR count). The van der Waals surface area contributed by atoms with Crippen molar-refractivity contribution in [3.8, 4) is 5.75 Å². The number of nitrogens with one attached hydrogen (secondary N) is 2. The van der Waals surface area contributed by atoms with Gasteiger partial charge in [0.05, 0.1) is 13.7 Å². The Morgan fingerprint density at radius 3 is 2.39 bits per heavy atom. The third kappa shape index (κ3) is 5.58. The average Bonchev–Trinajstić information content (AvgIpc) is 2.59. The molecule has 23 heavy (non-hydrogen) atoms. The number of carbonyl (C=O) groups is 1. The Bertz CT molecular complexity index is 626. The van der Waals surface area contributed by atoms with Crippen LogP contribution in [0.1, 0.15) is 24.1 Å². The largest absolute Gasteiger partial charge is 0.497 e. The number of methoxy groups -OCH3 is 1. The predicted molar refractivity (Wildman–Crippen MR) is 92.7 cm³/mol. The van der Waals surface area contributed by atoms with Gasteiger partial charge in [-0.15, -0.1) is 0 Å². The van der Waals surface area contributed by atoms with Crippen molar-refractivity contribution in [2.24, 2.45) is 0 Å². The molecule has 0 saturated carbocycles. The number of hydrogen-bond donors (Lipinski definition) is 2. The molecule has 2 aromatic carbocycles. The van der Waals surface area contributed by atoms with E-state index in [2.05, 4.69) is 10.6 Å². The van der Waals surface area contributed by atoms with E-state index in [1.54, 1.807) is 7.11 Å². The first-order chi connectivity index (χ1) is 11.1. The van der Waals surface area contributed by atoms with Gasteiger partial charge >= 0.3 is 0 Å². The van der Waals surface area contributed by atoms with Crippen molar-refractivity contribution in [2.75, 3.05) is 13.7 Å². The first-order valence-corrected chi connectivity index (χ1v) is 7.85. The molecule has 0 aliphatic rings. The molecule has 0 aliphatic carbocycles.